The van der Waals surface area contributed by atoms with Crippen molar-refractivity contribution < 1.29 is 0 Å². The Morgan fingerprint density at radius 3 is 1.44 bits per heavy atom. The van der Waals surface area contributed by atoms with Crippen LogP contribution >= 0.6 is 0 Å². The van der Waals surface area contributed by atoms with Crippen molar-refractivity contribution in [1.82, 2.24) is 59.0 Å². The standard InChI is InChI=1S/C33H20N12/c1-3-7-23(8-4-1)44-30(42-28-32(44)38-15-13-36-28)21-17-20(25-40-26-27(41-25)35-12-11-34-26)18-22(19-21)31-43-29-33(39-16-14-37-29)45(31)24-9-5-2-6-10-24/h1-19H,(H,34,35,40,41). The number of H-pyrrole nitrogens is 1. The molecule has 1 N–H and O–H groups in total. The van der Waals surface area contributed by atoms with Gasteiger partial charge in [-0.05, 0) is 42.5 Å². The predicted octanol–water partition coefficient (Wildman–Crippen LogP) is 5.61. The lowest BCUT2D eigenvalue weighted by atomic mass is 10.0. The van der Waals surface area contributed by atoms with Crippen LogP contribution < -0.4 is 0 Å². The van der Waals surface area contributed by atoms with E-state index in [1.165, 1.54) is 0 Å². The summed E-state index contributed by atoms with van der Waals surface area (Å²) in [6.07, 6.45) is 9.90. The Hall–Kier alpha value is -6.69. The van der Waals surface area contributed by atoms with Crippen molar-refractivity contribution in [2.24, 2.45) is 0 Å². The molecule has 9 aromatic rings. The van der Waals surface area contributed by atoms with Crippen LogP contribution in [0.5, 0.6) is 0 Å². The minimum absolute atomic E-state index is 0.523. The smallest absolute Gasteiger partial charge is 0.198 e. The summed E-state index contributed by atoms with van der Waals surface area (Å²) in [6, 6.07) is 26.1. The van der Waals surface area contributed by atoms with Crippen LogP contribution in [0.15, 0.2) is 116 Å². The number of nitrogens with one attached hydrogen (secondary N) is 1. The Kier molecular flexibility index (Phi) is 5.50. The molecule has 0 saturated carbocycles. The van der Waals surface area contributed by atoms with Gasteiger partial charge in [-0.15, -0.1) is 0 Å². The van der Waals surface area contributed by atoms with Crippen molar-refractivity contribution >= 4 is 33.9 Å². The van der Waals surface area contributed by atoms with Gasteiger partial charge in [-0.3, -0.25) is 9.13 Å². The zero-order valence-electron chi connectivity index (χ0n) is 23.4. The molecule has 212 valence electrons. The lowest BCUT2D eigenvalue weighted by Gasteiger charge is -2.13. The number of aromatic amines is 1. The van der Waals surface area contributed by atoms with Crippen LogP contribution in [0.25, 0.3) is 79.4 Å². The van der Waals surface area contributed by atoms with Crippen molar-refractivity contribution in [3.8, 4) is 45.5 Å². The van der Waals surface area contributed by atoms with Crippen LogP contribution in [-0.2, 0) is 0 Å². The highest BCUT2D eigenvalue weighted by atomic mass is 15.2. The third kappa shape index (κ3) is 4.12. The number of fused-ring (bicyclic) bond motifs is 3. The summed E-state index contributed by atoms with van der Waals surface area (Å²) >= 11 is 0. The van der Waals surface area contributed by atoms with E-state index in [9.17, 15) is 0 Å². The van der Waals surface area contributed by atoms with E-state index in [0.29, 0.717) is 51.4 Å². The molecule has 9 rings (SSSR count). The Morgan fingerprint density at radius 1 is 0.444 bits per heavy atom. The fourth-order valence-corrected chi connectivity index (χ4v) is 5.56. The minimum atomic E-state index is 0.523. The van der Waals surface area contributed by atoms with Gasteiger partial charge in [0.1, 0.15) is 17.5 Å². The number of benzene rings is 3. The van der Waals surface area contributed by atoms with E-state index < -0.39 is 0 Å². The second kappa shape index (κ2) is 9.95. The first-order valence-corrected chi connectivity index (χ1v) is 14.1. The highest BCUT2D eigenvalue weighted by molar-refractivity contribution is 5.85. The van der Waals surface area contributed by atoms with Gasteiger partial charge in [0.2, 0.25) is 0 Å². The second-order valence-electron chi connectivity index (χ2n) is 10.2. The Bertz CT molecular complexity index is 2330. The molecule has 6 heterocycles. The van der Waals surface area contributed by atoms with Gasteiger partial charge >= 0.3 is 0 Å². The number of nitrogens with zero attached hydrogens (tertiary/aromatic N) is 11. The van der Waals surface area contributed by atoms with E-state index in [-0.39, 0.29) is 0 Å². The maximum absolute atomic E-state index is 4.98. The lowest BCUT2D eigenvalue weighted by molar-refractivity contribution is 1.07. The molecule has 3 aromatic carbocycles. The maximum atomic E-state index is 4.98. The predicted molar refractivity (Wildman–Crippen MR) is 168 cm³/mol. The highest BCUT2D eigenvalue weighted by Crippen LogP contribution is 2.35. The number of para-hydroxylation sites is 2. The fourth-order valence-electron chi connectivity index (χ4n) is 5.56. The Morgan fingerprint density at radius 2 is 0.911 bits per heavy atom. The summed E-state index contributed by atoms with van der Waals surface area (Å²) in [6.45, 7) is 0. The van der Waals surface area contributed by atoms with E-state index in [1.807, 2.05) is 81.9 Å². The van der Waals surface area contributed by atoms with Gasteiger partial charge in [0.05, 0.1) is 0 Å². The van der Waals surface area contributed by atoms with Gasteiger partial charge in [0, 0.05) is 65.2 Å². The Balaban J connectivity index is 1.36. The summed E-state index contributed by atoms with van der Waals surface area (Å²) < 4.78 is 4.02. The largest absolute Gasteiger partial charge is 0.321 e. The first-order valence-electron chi connectivity index (χ1n) is 14.1. The number of imidazole rings is 3. The molecule has 0 saturated heterocycles. The van der Waals surface area contributed by atoms with Gasteiger partial charge in [-0.1, -0.05) is 36.4 Å². The number of hydrogen-bond donors (Lipinski definition) is 1. The molecule has 45 heavy (non-hydrogen) atoms. The zero-order chi connectivity index (χ0) is 29.7. The maximum Gasteiger partial charge on any atom is 0.198 e. The van der Waals surface area contributed by atoms with E-state index >= 15 is 0 Å². The molecule has 6 aromatic heterocycles. The average Bonchev–Trinajstić information content (AvgIpc) is 3.82. The molecule has 0 spiro atoms. The van der Waals surface area contributed by atoms with Crippen LogP contribution in [0.3, 0.4) is 0 Å². The Labute approximate surface area is 254 Å². The van der Waals surface area contributed by atoms with Gasteiger partial charge < -0.3 is 4.98 Å². The fraction of sp³-hybridized carbons (Fsp3) is 0. The third-order valence-corrected chi connectivity index (χ3v) is 7.48. The SMILES string of the molecule is c1ccc(-n2c(-c3cc(-c4nc5nccnc5[nH]4)cc(-c4nc5nccnc5n4-c4ccccc4)c3)nc3nccnc32)cc1. The molecular weight excluding hydrogens is 564 g/mol. The number of aromatic nitrogens is 12. The molecule has 12 heteroatoms. The van der Waals surface area contributed by atoms with Crippen molar-refractivity contribution in [3.63, 3.8) is 0 Å². The molecular formula is C33H20N12. The monoisotopic (exact) mass is 584 g/mol. The molecule has 0 unspecified atom stereocenters. The first-order chi connectivity index (χ1) is 22.3. The lowest BCUT2D eigenvalue weighted by Crippen LogP contribution is -2.01. The number of hydrogen-bond acceptors (Lipinski definition) is 9. The second-order valence-corrected chi connectivity index (χ2v) is 10.2. The van der Waals surface area contributed by atoms with Crippen LogP contribution in [0.4, 0.5) is 0 Å². The van der Waals surface area contributed by atoms with E-state index in [1.54, 1.807) is 37.2 Å². The highest BCUT2D eigenvalue weighted by Gasteiger charge is 2.22. The molecule has 0 aliphatic heterocycles. The molecule has 0 aliphatic rings. The summed E-state index contributed by atoms with van der Waals surface area (Å²) in [5.74, 6) is 1.93. The number of rotatable bonds is 5. The minimum Gasteiger partial charge on any atom is -0.321 e. The normalized spacial score (nSPS) is 11.6. The van der Waals surface area contributed by atoms with Crippen LogP contribution in [-0.4, -0.2) is 59.0 Å². The topological polar surface area (TPSA) is 142 Å². The summed E-state index contributed by atoms with van der Waals surface area (Å²) in [5.41, 5.74) is 7.69. The van der Waals surface area contributed by atoms with E-state index in [0.717, 1.165) is 28.1 Å². The molecule has 0 atom stereocenters. The van der Waals surface area contributed by atoms with E-state index in [2.05, 4.69) is 41.0 Å². The van der Waals surface area contributed by atoms with Crippen molar-refractivity contribution in [2.75, 3.05) is 0 Å². The summed E-state index contributed by atoms with van der Waals surface area (Å²) in [5, 5.41) is 0. The molecule has 0 fully saturated rings. The van der Waals surface area contributed by atoms with Gasteiger partial charge in [0.25, 0.3) is 0 Å². The van der Waals surface area contributed by atoms with Crippen molar-refractivity contribution in [3.05, 3.63) is 116 Å². The van der Waals surface area contributed by atoms with Crippen LogP contribution in [0.2, 0.25) is 0 Å². The molecule has 0 bridgehead atoms. The van der Waals surface area contributed by atoms with Crippen LogP contribution in [0, 0.1) is 0 Å². The van der Waals surface area contributed by atoms with Crippen LogP contribution in [0.1, 0.15) is 0 Å². The van der Waals surface area contributed by atoms with Gasteiger partial charge in [-0.25, -0.2) is 44.9 Å². The first kappa shape index (κ1) is 24.9. The average molecular weight is 585 g/mol. The van der Waals surface area contributed by atoms with Crippen molar-refractivity contribution in [2.45, 2.75) is 0 Å². The molecule has 0 aliphatic carbocycles. The van der Waals surface area contributed by atoms with Crippen molar-refractivity contribution in [1.29, 1.82) is 0 Å². The molecule has 0 amide bonds. The van der Waals surface area contributed by atoms with Gasteiger partial charge in [-0.2, -0.15) is 0 Å². The van der Waals surface area contributed by atoms with E-state index in [4.69, 9.17) is 15.0 Å². The zero-order valence-corrected chi connectivity index (χ0v) is 23.4. The third-order valence-electron chi connectivity index (χ3n) is 7.48. The molecule has 0 radical (unpaired) electrons. The molecule has 12 nitrogen and oxygen atoms in total. The van der Waals surface area contributed by atoms with Gasteiger partial charge in [0.15, 0.2) is 33.9 Å². The summed E-state index contributed by atoms with van der Waals surface area (Å²) in [7, 11) is 0. The summed E-state index contributed by atoms with van der Waals surface area (Å²) in [4.78, 5) is 45.2. The quantitative estimate of drug-likeness (QED) is 0.273.